The van der Waals surface area contributed by atoms with Crippen molar-refractivity contribution >= 4 is 0 Å². The van der Waals surface area contributed by atoms with Crippen LogP contribution in [0.2, 0.25) is 0 Å². The van der Waals surface area contributed by atoms with E-state index in [1.807, 2.05) is 0 Å². The Morgan fingerprint density at radius 2 is 1.35 bits per heavy atom. The van der Waals surface area contributed by atoms with Crippen molar-refractivity contribution in [3.63, 3.8) is 0 Å². The predicted molar refractivity (Wildman–Crippen MR) is 46.7 cm³/mol. The molecule has 0 saturated carbocycles. The standard InChI is InChI=1S/C9H10F10O/c1-2-20-9(18,19)8(16,17)7(14,15)5(10)3-4-6(11,12)13/h5H,2-4H2,1H3. The van der Waals surface area contributed by atoms with E-state index < -0.39 is 49.8 Å². The SMILES string of the molecule is CCOC(F)(F)C(F)(F)C(F)(F)C(F)CCC(F)(F)F. The van der Waals surface area contributed by atoms with Gasteiger partial charge in [-0.3, -0.25) is 0 Å². The van der Waals surface area contributed by atoms with Crippen LogP contribution in [0.15, 0.2) is 0 Å². The first-order chi connectivity index (χ1) is 8.69. The Hall–Kier alpha value is -0.740. The molecule has 0 heterocycles. The molecular weight excluding hydrogens is 314 g/mol. The second kappa shape index (κ2) is 5.94. The molecule has 0 aliphatic rings. The van der Waals surface area contributed by atoms with Gasteiger partial charge in [-0.1, -0.05) is 0 Å². The molecule has 1 atom stereocenters. The molecule has 0 aromatic heterocycles. The molecule has 1 nitrogen and oxygen atoms in total. The van der Waals surface area contributed by atoms with Gasteiger partial charge in [-0.2, -0.15) is 39.5 Å². The molecule has 20 heavy (non-hydrogen) atoms. The molecule has 0 spiro atoms. The predicted octanol–water partition coefficient (Wildman–Crippen LogP) is 4.57. The fourth-order valence-electron chi connectivity index (χ4n) is 1.13. The van der Waals surface area contributed by atoms with Crippen molar-refractivity contribution in [2.45, 2.75) is 50.1 Å². The summed E-state index contributed by atoms with van der Waals surface area (Å²) >= 11 is 0. The minimum Gasteiger partial charge on any atom is -0.316 e. The van der Waals surface area contributed by atoms with Crippen molar-refractivity contribution in [1.82, 2.24) is 0 Å². The topological polar surface area (TPSA) is 9.23 Å². The third-order valence-electron chi connectivity index (χ3n) is 2.18. The van der Waals surface area contributed by atoms with E-state index in [1.54, 1.807) is 0 Å². The summed E-state index contributed by atoms with van der Waals surface area (Å²) in [4.78, 5) is 0. The molecule has 0 bridgehead atoms. The van der Waals surface area contributed by atoms with Gasteiger partial charge in [0, 0.05) is 6.42 Å². The van der Waals surface area contributed by atoms with Crippen molar-refractivity contribution < 1.29 is 48.6 Å². The Bertz CT molecular complexity index is 310. The van der Waals surface area contributed by atoms with E-state index >= 15 is 0 Å². The minimum absolute atomic E-state index is 0.790. The highest BCUT2D eigenvalue weighted by Gasteiger charge is 2.75. The van der Waals surface area contributed by atoms with E-state index in [0.29, 0.717) is 0 Å². The molecule has 0 rings (SSSR count). The molecular formula is C9H10F10O. The Morgan fingerprint density at radius 3 is 1.70 bits per heavy atom. The van der Waals surface area contributed by atoms with Crippen LogP contribution in [-0.4, -0.2) is 36.9 Å². The lowest BCUT2D eigenvalue weighted by molar-refractivity contribution is -0.405. The van der Waals surface area contributed by atoms with E-state index in [1.165, 1.54) is 0 Å². The monoisotopic (exact) mass is 324 g/mol. The minimum atomic E-state index is -6.29. The van der Waals surface area contributed by atoms with Crippen molar-refractivity contribution in [3.05, 3.63) is 0 Å². The van der Waals surface area contributed by atoms with Crippen molar-refractivity contribution in [2.75, 3.05) is 6.61 Å². The lowest BCUT2D eigenvalue weighted by Gasteiger charge is -2.33. The molecule has 0 aliphatic heterocycles. The lowest BCUT2D eigenvalue weighted by atomic mass is 10.0. The Balaban J connectivity index is 5.09. The summed E-state index contributed by atoms with van der Waals surface area (Å²) in [5.74, 6) is -12.3. The van der Waals surface area contributed by atoms with E-state index in [4.69, 9.17) is 0 Å². The quantitative estimate of drug-likeness (QED) is 0.624. The van der Waals surface area contributed by atoms with Gasteiger partial charge in [-0.05, 0) is 13.3 Å². The van der Waals surface area contributed by atoms with Gasteiger partial charge in [-0.15, -0.1) is 0 Å². The molecule has 0 aromatic rings. The summed E-state index contributed by atoms with van der Waals surface area (Å²) in [6.07, 6.45) is -19.1. The normalized spacial score (nSPS) is 16.4. The fraction of sp³-hybridized carbons (Fsp3) is 1.00. The van der Waals surface area contributed by atoms with Gasteiger partial charge in [0.2, 0.25) is 0 Å². The summed E-state index contributed by atoms with van der Waals surface area (Å²) in [5.41, 5.74) is 0. The second-order valence-corrected chi connectivity index (χ2v) is 3.77. The van der Waals surface area contributed by atoms with E-state index in [9.17, 15) is 43.9 Å². The molecule has 0 amide bonds. The van der Waals surface area contributed by atoms with Gasteiger partial charge in [0.05, 0.1) is 6.61 Å². The van der Waals surface area contributed by atoms with Crippen LogP contribution >= 0.6 is 0 Å². The third-order valence-corrected chi connectivity index (χ3v) is 2.18. The van der Waals surface area contributed by atoms with Gasteiger partial charge in [0.25, 0.3) is 0 Å². The maximum atomic E-state index is 12.9. The van der Waals surface area contributed by atoms with E-state index in [-0.39, 0.29) is 0 Å². The lowest BCUT2D eigenvalue weighted by Crippen LogP contribution is -2.59. The van der Waals surface area contributed by atoms with Crippen LogP contribution in [0.25, 0.3) is 0 Å². The van der Waals surface area contributed by atoms with Crippen LogP contribution in [0, 0.1) is 0 Å². The molecule has 0 aromatic carbocycles. The van der Waals surface area contributed by atoms with Crippen LogP contribution in [0.3, 0.4) is 0 Å². The number of hydrogen-bond acceptors (Lipinski definition) is 1. The highest BCUT2D eigenvalue weighted by Crippen LogP contribution is 2.49. The first-order valence-corrected chi connectivity index (χ1v) is 5.17. The highest BCUT2D eigenvalue weighted by molar-refractivity contribution is 4.96. The summed E-state index contributed by atoms with van der Waals surface area (Å²) in [5, 5.41) is 0. The number of ether oxygens (including phenoxy) is 1. The van der Waals surface area contributed by atoms with Crippen LogP contribution in [0.5, 0.6) is 0 Å². The van der Waals surface area contributed by atoms with Crippen LogP contribution in [-0.2, 0) is 4.74 Å². The van der Waals surface area contributed by atoms with Crippen molar-refractivity contribution in [2.24, 2.45) is 0 Å². The first-order valence-electron chi connectivity index (χ1n) is 5.17. The van der Waals surface area contributed by atoms with Gasteiger partial charge < -0.3 is 4.74 Å². The maximum absolute atomic E-state index is 12.9. The molecule has 0 fully saturated rings. The zero-order valence-corrected chi connectivity index (χ0v) is 9.89. The number of alkyl halides is 10. The van der Waals surface area contributed by atoms with Gasteiger partial charge >= 0.3 is 24.1 Å². The molecule has 11 heteroatoms. The summed E-state index contributed by atoms with van der Waals surface area (Å²) in [6, 6.07) is 0. The first kappa shape index (κ1) is 19.3. The Kier molecular flexibility index (Phi) is 5.72. The van der Waals surface area contributed by atoms with Gasteiger partial charge in [0.1, 0.15) is 0 Å². The van der Waals surface area contributed by atoms with Crippen LogP contribution < -0.4 is 0 Å². The molecule has 122 valence electrons. The Morgan fingerprint density at radius 1 is 0.900 bits per heavy atom. The van der Waals surface area contributed by atoms with Crippen LogP contribution in [0.4, 0.5) is 43.9 Å². The number of hydrogen-bond donors (Lipinski definition) is 0. The van der Waals surface area contributed by atoms with E-state index in [2.05, 4.69) is 4.74 Å². The van der Waals surface area contributed by atoms with Gasteiger partial charge in [0.15, 0.2) is 6.17 Å². The molecule has 1 unspecified atom stereocenters. The number of halogens is 10. The summed E-state index contributed by atoms with van der Waals surface area (Å²) in [7, 11) is 0. The van der Waals surface area contributed by atoms with Crippen molar-refractivity contribution in [3.8, 4) is 0 Å². The van der Waals surface area contributed by atoms with E-state index in [0.717, 1.165) is 6.92 Å². The maximum Gasteiger partial charge on any atom is 0.425 e. The molecule has 0 N–H and O–H groups in total. The zero-order valence-electron chi connectivity index (χ0n) is 9.89. The molecule has 0 aliphatic carbocycles. The Labute approximate surface area is 106 Å². The molecule has 0 radical (unpaired) electrons. The van der Waals surface area contributed by atoms with Crippen molar-refractivity contribution in [1.29, 1.82) is 0 Å². The van der Waals surface area contributed by atoms with Crippen LogP contribution in [0.1, 0.15) is 19.8 Å². The molecule has 0 saturated heterocycles. The highest BCUT2D eigenvalue weighted by atomic mass is 19.4. The smallest absolute Gasteiger partial charge is 0.316 e. The average Bonchev–Trinajstić information content (AvgIpc) is 2.24. The average molecular weight is 324 g/mol. The summed E-state index contributed by atoms with van der Waals surface area (Å²) < 4.78 is 128. The second-order valence-electron chi connectivity index (χ2n) is 3.77. The fourth-order valence-corrected chi connectivity index (χ4v) is 1.13. The largest absolute Gasteiger partial charge is 0.425 e. The summed E-state index contributed by atoms with van der Waals surface area (Å²) in [6.45, 7) is -0.295. The van der Waals surface area contributed by atoms with Gasteiger partial charge in [-0.25, -0.2) is 4.39 Å². The number of rotatable bonds is 7. The zero-order chi connectivity index (χ0) is 16.4. The third kappa shape index (κ3) is 4.13.